The quantitative estimate of drug-likeness (QED) is 0.833. The van der Waals surface area contributed by atoms with Gasteiger partial charge in [-0.1, -0.05) is 29.3 Å². The standard InChI is InChI=1S/C7H6Cl2F2N2.ClH/c8-4-2-1-3(6(9)13-4)5(12)7(10)11;/h1-2,5,7H,12H2;1H/t5-;/m0./s1. The van der Waals surface area contributed by atoms with Crippen molar-refractivity contribution in [3.05, 3.63) is 28.0 Å². The zero-order chi connectivity index (χ0) is 10.0. The van der Waals surface area contributed by atoms with Gasteiger partial charge in [-0.15, -0.1) is 12.4 Å². The number of hydrogen-bond acceptors (Lipinski definition) is 2. The number of halogens is 5. The molecule has 0 saturated carbocycles. The van der Waals surface area contributed by atoms with Crippen molar-refractivity contribution in [2.75, 3.05) is 0 Å². The highest BCUT2D eigenvalue weighted by atomic mass is 35.5. The first-order valence-electron chi connectivity index (χ1n) is 3.38. The average molecular weight is 264 g/mol. The van der Waals surface area contributed by atoms with Crippen molar-refractivity contribution >= 4 is 35.6 Å². The maximum atomic E-state index is 12.2. The monoisotopic (exact) mass is 262 g/mol. The minimum atomic E-state index is -2.67. The number of hydrogen-bond donors (Lipinski definition) is 1. The lowest BCUT2D eigenvalue weighted by molar-refractivity contribution is 0.116. The molecule has 0 saturated heterocycles. The Morgan fingerprint density at radius 2 is 1.86 bits per heavy atom. The summed E-state index contributed by atoms with van der Waals surface area (Å²) in [6.07, 6.45) is -2.67. The van der Waals surface area contributed by atoms with Crippen LogP contribution in [0.1, 0.15) is 11.6 Å². The van der Waals surface area contributed by atoms with Gasteiger partial charge in [0.25, 0.3) is 6.43 Å². The summed E-state index contributed by atoms with van der Waals surface area (Å²) in [5.74, 6) is 0. The fourth-order valence-corrected chi connectivity index (χ4v) is 1.28. The minimum Gasteiger partial charge on any atom is -0.319 e. The third-order valence-corrected chi connectivity index (χ3v) is 1.99. The molecular weight excluding hydrogens is 256 g/mol. The highest BCUT2D eigenvalue weighted by Gasteiger charge is 2.20. The van der Waals surface area contributed by atoms with Gasteiger partial charge in [0.15, 0.2) is 0 Å². The van der Waals surface area contributed by atoms with E-state index in [1.807, 2.05) is 0 Å². The molecule has 0 radical (unpaired) electrons. The number of alkyl halides is 2. The van der Waals surface area contributed by atoms with E-state index in [0.717, 1.165) is 0 Å². The molecule has 2 N–H and O–H groups in total. The van der Waals surface area contributed by atoms with Crippen LogP contribution in [0.2, 0.25) is 10.3 Å². The summed E-state index contributed by atoms with van der Waals surface area (Å²) in [5, 5.41) is 0.0653. The average Bonchev–Trinajstić information content (AvgIpc) is 2.03. The summed E-state index contributed by atoms with van der Waals surface area (Å²) in [6.45, 7) is 0. The van der Waals surface area contributed by atoms with E-state index in [9.17, 15) is 8.78 Å². The molecule has 1 aromatic heterocycles. The molecule has 0 aromatic carbocycles. The van der Waals surface area contributed by atoms with Gasteiger partial charge in [-0.05, 0) is 6.07 Å². The van der Waals surface area contributed by atoms with Crippen molar-refractivity contribution in [1.29, 1.82) is 0 Å². The summed E-state index contributed by atoms with van der Waals surface area (Å²) >= 11 is 11.0. The molecular formula is C7H7Cl3F2N2. The molecule has 0 amide bonds. The molecule has 80 valence electrons. The first-order valence-corrected chi connectivity index (χ1v) is 4.13. The van der Waals surface area contributed by atoms with Gasteiger partial charge in [0.05, 0.1) is 6.04 Å². The van der Waals surface area contributed by atoms with Gasteiger partial charge in [0, 0.05) is 5.56 Å². The molecule has 1 heterocycles. The third-order valence-electron chi connectivity index (χ3n) is 1.47. The molecule has 0 spiro atoms. The van der Waals surface area contributed by atoms with Crippen molar-refractivity contribution < 1.29 is 8.78 Å². The van der Waals surface area contributed by atoms with Crippen molar-refractivity contribution in [3.63, 3.8) is 0 Å². The maximum Gasteiger partial charge on any atom is 0.257 e. The van der Waals surface area contributed by atoms with E-state index >= 15 is 0 Å². The molecule has 1 rings (SSSR count). The van der Waals surface area contributed by atoms with Crippen molar-refractivity contribution in [3.8, 4) is 0 Å². The number of nitrogens with two attached hydrogens (primary N) is 1. The largest absolute Gasteiger partial charge is 0.319 e. The van der Waals surface area contributed by atoms with Gasteiger partial charge in [-0.25, -0.2) is 13.8 Å². The molecule has 14 heavy (non-hydrogen) atoms. The van der Waals surface area contributed by atoms with Gasteiger partial charge in [0.2, 0.25) is 0 Å². The van der Waals surface area contributed by atoms with Gasteiger partial charge in [-0.3, -0.25) is 0 Å². The topological polar surface area (TPSA) is 38.9 Å². The highest BCUT2D eigenvalue weighted by Crippen LogP contribution is 2.25. The molecule has 0 unspecified atom stereocenters. The third kappa shape index (κ3) is 3.20. The summed E-state index contributed by atoms with van der Waals surface area (Å²) in [4.78, 5) is 3.59. The fourth-order valence-electron chi connectivity index (χ4n) is 0.807. The Balaban J connectivity index is 0.00000169. The molecule has 1 aromatic rings. The SMILES string of the molecule is Cl.N[C@@H](c1ccc(Cl)nc1Cl)C(F)F. The van der Waals surface area contributed by atoms with E-state index in [1.165, 1.54) is 12.1 Å². The minimum absolute atomic E-state index is 0. The summed E-state index contributed by atoms with van der Waals surface area (Å²) in [5.41, 5.74) is 5.27. The molecule has 0 aliphatic heterocycles. The second-order valence-electron chi connectivity index (χ2n) is 2.37. The fraction of sp³-hybridized carbons (Fsp3) is 0.286. The van der Waals surface area contributed by atoms with Crippen LogP contribution in [0.25, 0.3) is 0 Å². The van der Waals surface area contributed by atoms with Gasteiger partial charge >= 0.3 is 0 Å². The van der Waals surface area contributed by atoms with E-state index in [4.69, 9.17) is 28.9 Å². The molecule has 2 nitrogen and oxygen atoms in total. The smallest absolute Gasteiger partial charge is 0.257 e. The summed E-state index contributed by atoms with van der Waals surface area (Å²) in [7, 11) is 0. The van der Waals surface area contributed by atoms with E-state index in [1.54, 1.807) is 0 Å². The van der Waals surface area contributed by atoms with Crippen LogP contribution >= 0.6 is 35.6 Å². The maximum absolute atomic E-state index is 12.2. The second kappa shape index (κ2) is 5.66. The Hall–Kier alpha value is -0.160. The van der Waals surface area contributed by atoms with Crippen LogP contribution in [0.3, 0.4) is 0 Å². The Morgan fingerprint density at radius 3 is 2.29 bits per heavy atom. The molecule has 0 fully saturated rings. The van der Waals surface area contributed by atoms with Crippen LogP contribution in [0.15, 0.2) is 12.1 Å². The van der Waals surface area contributed by atoms with E-state index < -0.39 is 12.5 Å². The van der Waals surface area contributed by atoms with Gasteiger partial charge < -0.3 is 5.73 Å². The Kier molecular flexibility index (Phi) is 5.59. The van der Waals surface area contributed by atoms with Crippen molar-refractivity contribution in [1.82, 2.24) is 4.98 Å². The summed E-state index contributed by atoms with van der Waals surface area (Å²) in [6, 6.07) is 1.29. The van der Waals surface area contributed by atoms with Crippen molar-refractivity contribution in [2.24, 2.45) is 5.73 Å². The highest BCUT2D eigenvalue weighted by molar-refractivity contribution is 6.32. The number of rotatable bonds is 2. The van der Waals surface area contributed by atoms with Crippen LogP contribution in [0.4, 0.5) is 8.78 Å². The van der Waals surface area contributed by atoms with Crippen molar-refractivity contribution in [2.45, 2.75) is 12.5 Å². The zero-order valence-electron chi connectivity index (χ0n) is 6.75. The lowest BCUT2D eigenvalue weighted by Gasteiger charge is -2.11. The van der Waals surface area contributed by atoms with Gasteiger partial charge in [0.1, 0.15) is 10.3 Å². The van der Waals surface area contributed by atoms with E-state index in [2.05, 4.69) is 4.98 Å². The van der Waals surface area contributed by atoms with E-state index in [-0.39, 0.29) is 28.3 Å². The van der Waals surface area contributed by atoms with E-state index in [0.29, 0.717) is 0 Å². The van der Waals surface area contributed by atoms with Crippen LogP contribution in [0.5, 0.6) is 0 Å². The second-order valence-corrected chi connectivity index (χ2v) is 3.12. The molecule has 0 aliphatic rings. The first kappa shape index (κ1) is 13.8. The number of nitrogens with zero attached hydrogens (tertiary/aromatic N) is 1. The molecule has 0 aliphatic carbocycles. The Morgan fingerprint density at radius 1 is 1.29 bits per heavy atom. The van der Waals surface area contributed by atoms with Crippen LogP contribution < -0.4 is 5.73 Å². The normalized spacial score (nSPS) is 12.4. The Bertz CT molecular complexity index is 309. The first-order chi connectivity index (χ1) is 6.02. The Labute approximate surface area is 95.8 Å². The van der Waals surface area contributed by atoms with Gasteiger partial charge in [-0.2, -0.15) is 0 Å². The predicted octanol–water partition coefficient (Wildman–Crippen LogP) is 3.08. The lowest BCUT2D eigenvalue weighted by atomic mass is 10.1. The predicted molar refractivity (Wildman–Crippen MR) is 54.4 cm³/mol. The van der Waals surface area contributed by atoms with Crippen LogP contribution in [-0.2, 0) is 0 Å². The zero-order valence-corrected chi connectivity index (χ0v) is 9.08. The molecule has 7 heteroatoms. The number of aromatic nitrogens is 1. The molecule has 1 atom stereocenters. The number of pyridine rings is 1. The molecule has 0 bridgehead atoms. The summed E-state index contributed by atoms with van der Waals surface area (Å²) < 4.78 is 24.3. The van der Waals surface area contributed by atoms with Crippen LogP contribution in [-0.4, -0.2) is 11.4 Å². The van der Waals surface area contributed by atoms with Crippen LogP contribution in [0, 0.1) is 0 Å². The lowest BCUT2D eigenvalue weighted by Crippen LogP contribution is -2.19.